The van der Waals surface area contributed by atoms with Gasteiger partial charge in [0.25, 0.3) is 5.91 Å². The van der Waals surface area contributed by atoms with Gasteiger partial charge in [0.2, 0.25) is 0 Å². The number of hydrogen-bond acceptors (Lipinski definition) is 4. The van der Waals surface area contributed by atoms with Gasteiger partial charge >= 0.3 is 5.97 Å². The molecular weight excluding hydrogens is 296 g/mol. The summed E-state index contributed by atoms with van der Waals surface area (Å²) in [6.07, 6.45) is 1.60. The molecule has 118 valence electrons. The Kier molecular flexibility index (Phi) is 3.65. The van der Waals surface area contributed by atoms with Gasteiger partial charge in [-0.3, -0.25) is 4.79 Å². The molecule has 1 amide bonds. The molecule has 6 nitrogen and oxygen atoms in total. The SMILES string of the molecule is CCOC(=O)c1cc(C)[nH]c1/C=C1\C(=O)Nc2ccc(O)cc21. The molecule has 1 aromatic carbocycles. The Balaban J connectivity index is 2.08. The second-order valence-corrected chi connectivity index (χ2v) is 5.24. The van der Waals surface area contributed by atoms with E-state index in [1.54, 1.807) is 25.1 Å². The monoisotopic (exact) mass is 312 g/mol. The number of fused-ring (bicyclic) bond motifs is 1. The summed E-state index contributed by atoms with van der Waals surface area (Å²) in [4.78, 5) is 27.2. The molecule has 0 saturated heterocycles. The lowest BCUT2D eigenvalue weighted by atomic mass is 10.0. The smallest absolute Gasteiger partial charge is 0.340 e. The van der Waals surface area contributed by atoms with Crippen molar-refractivity contribution in [1.29, 1.82) is 0 Å². The summed E-state index contributed by atoms with van der Waals surface area (Å²) < 4.78 is 5.03. The predicted octanol–water partition coefficient (Wildman–Crippen LogP) is 2.70. The largest absolute Gasteiger partial charge is 0.508 e. The number of ether oxygens (including phenoxy) is 1. The van der Waals surface area contributed by atoms with E-state index in [2.05, 4.69) is 10.3 Å². The van der Waals surface area contributed by atoms with Gasteiger partial charge in [0.05, 0.1) is 23.4 Å². The van der Waals surface area contributed by atoms with E-state index in [0.717, 1.165) is 5.69 Å². The number of amides is 1. The van der Waals surface area contributed by atoms with Gasteiger partial charge in [-0.2, -0.15) is 0 Å². The van der Waals surface area contributed by atoms with E-state index >= 15 is 0 Å². The van der Waals surface area contributed by atoms with Crippen molar-refractivity contribution in [3.8, 4) is 5.75 Å². The van der Waals surface area contributed by atoms with Crippen LogP contribution in [-0.2, 0) is 9.53 Å². The summed E-state index contributed by atoms with van der Waals surface area (Å²) in [7, 11) is 0. The molecule has 3 rings (SSSR count). The molecule has 0 aliphatic carbocycles. The van der Waals surface area contributed by atoms with Crippen LogP contribution >= 0.6 is 0 Å². The molecule has 1 aliphatic rings. The molecule has 0 fully saturated rings. The fourth-order valence-corrected chi connectivity index (χ4v) is 2.57. The molecule has 0 unspecified atom stereocenters. The zero-order chi connectivity index (χ0) is 16.6. The molecular formula is C17H16N2O4. The average Bonchev–Trinajstić information content (AvgIpc) is 3.01. The summed E-state index contributed by atoms with van der Waals surface area (Å²) in [5.74, 6) is -0.662. The van der Waals surface area contributed by atoms with Crippen molar-refractivity contribution in [2.24, 2.45) is 0 Å². The number of aromatic hydroxyl groups is 1. The quantitative estimate of drug-likeness (QED) is 0.461. The van der Waals surface area contributed by atoms with E-state index in [1.807, 2.05) is 6.92 Å². The van der Waals surface area contributed by atoms with Gasteiger partial charge in [0, 0.05) is 16.9 Å². The van der Waals surface area contributed by atoms with Crippen molar-refractivity contribution in [3.63, 3.8) is 0 Å². The first-order valence-electron chi connectivity index (χ1n) is 7.22. The number of nitrogens with one attached hydrogen (secondary N) is 2. The van der Waals surface area contributed by atoms with Gasteiger partial charge in [0.15, 0.2) is 0 Å². The zero-order valence-electron chi connectivity index (χ0n) is 12.8. The lowest BCUT2D eigenvalue weighted by Crippen LogP contribution is -2.06. The lowest BCUT2D eigenvalue weighted by molar-refractivity contribution is -0.110. The first-order chi connectivity index (χ1) is 11.0. The Hall–Kier alpha value is -3.02. The van der Waals surface area contributed by atoms with Gasteiger partial charge in [-0.05, 0) is 44.2 Å². The van der Waals surface area contributed by atoms with E-state index in [-0.39, 0.29) is 18.3 Å². The summed E-state index contributed by atoms with van der Waals surface area (Å²) in [6.45, 7) is 3.83. The first kappa shape index (κ1) is 14.9. The number of benzene rings is 1. The van der Waals surface area contributed by atoms with Crippen LogP contribution in [0.5, 0.6) is 5.75 Å². The van der Waals surface area contributed by atoms with Crippen LogP contribution in [0.3, 0.4) is 0 Å². The Bertz CT molecular complexity index is 833. The van der Waals surface area contributed by atoms with Crippen molar-refractivity contribution < 1.29 is 19.4 Å². The Morgan fingerprint density at radius 3 is 2.87 bits per heavy atom. The molecule has 1 aliphatic heterocycles. The number of aryl methyl sites for hydroxylation is 1. The molecule has 0 atom stereocenters. The molecule has 23 heavy (non-hydrogen) atoms. The van der Waals surface area contributed by atoms with Crippen LogP contribution < -0.4 is 5.32 Å². The molecule has 0 bridgehead atoms. The zero-order valence-corrected chi connectivity index (χ0v) is 12.8. The molecule has 0 spiro atoms. The normalized spacial score (nSPS) is 14.7. The number of rotatable bonds is 3. The molecule has 1 aromatic heterocycles. The second-order valence-electron chi connectivity index (χ2n) is 5.24. The fraction of sp³-hybridized carbons (Fsp3) is 0.176. The number of carbonyl (C=O) groups excluding carboxylic acids is 2. The van der Waals surface area contributed by atoms with E-state index in [4.69, 9.17) is 4.74 Å². The van der Waals surface area contributed by atoms with Crippen LogP contribution in [0.2, 0.25) is 0 Å². The highest BCUT2D eigenvalue weighted by atomic mass is 16.5. The standard InChI is InChI=1S/C17H16N2O4/c1-3-23-17(22)13-6-9(2)18-15(13)8-12-11-7-10(20)4-5-14(11)19-16(12)21/h4-8,18,20H,3H2,1-2H3,(H,19,21)/b12-8-. The van der Waals surface area contributed by atoms with E-state index in [0.29, 0.717) is 28.1 Å². The number of H-pyrrole nitrogens is 1. The topological polar surface area (TPSA) is 91.4 Å². The number of aromatic nitrogens is 1. The maximum Gasteiger partial charge on any atom is 0.340 e. The third kappa shape index (κ3) is 2.70. The first-order valence-corrected chi connectivity index (χ1v) is 7.22. The lowest BCUT2D eigenvalue weighted by Gasteiger charge is -2.02. The number of carbonyl (C=O) groups is 2. The minimum Gasteiger partial charge on any atom is -0.508 e. The van der Waals surface area contributed by atoms with Crippen LogP contribution in [0.4, 0.5) is 5.69 Å². The Morgan fingerprint density at radius 2 is 2.13 bits per heavy atom. The number of hydrogen-bond donors (Lipinski definition) is 3. The highest BCUT2D eigenvalue weighted by Crippen LogP contribution is 2.35. The van der Waals surface area contributed by atoms with E-state index < -0.39 is 5.97 Å². The molecule has 0 saturated carbocycles. The van der Waals surface area contributed by atoms with Gasteiger partial charge < -0.3 is 20.1 Å². The van der Waals surface area contributed by atoms with E-state index in [9.17, 15) is 14.7 Å². The summed E-state index contributed by atoms with van der Waals surface area (Å²) in [5, 5.41) is 12.4. The van der Waals surface area contributed by atoms with Crippen molar-refractivity contribution >= 4 is 29.2 Å². The average molecular weight is 312 g/mol. The van der Waals surface area contributed by atoms with Crippen molar-refractivity contribution in [2.45, 2.75) is 13.8 Å². The second kappa shape index (κ2) is 5.64. The highest BCUT2D eigenvalue weighted by molar-refractivity contribution is 6.35. The van der Waals surface area contributed by atoms with Crippen LogP contribution in [0.1, 0.15) is 34.2 Å². The maximum atomic E-state index is 12.2. The van der Waals surface area contributed by atoms with Gasteiger partial charge in [-0.25, -0.2) is 4.79 Å². The molecule has 2 aromatic rings. The number of anilines is 1. The Labute approximate surface area is 132 Å². The van der Waals surface area contributed by atoms with Gasteiger partial charge in [-0.1, -0.05) is 0 Å². The predicted molar refractivity (Wildman–Crippen MR) is 86.1 cm³/mol. The van der Waals surface area contributed by atoms with Crippen molar-refractivity contribution in [3.05, 3.63) is 46.8 Å². The van der Waals surface area contributed by atoms with Crippen LogP contribution in [-0.4, -0.2) is 28.6 Å². The van der Waals surface area contributed by atoms with Crippen molar-refractivity contribution in [1.82, 2.24) is 4.98 Å². The number of aromatic amines is 1. The fourth-order valence-electron chi connectivity index (χ4n) is 2.57. The van der Waals surface area contributed by atoms with Crippen LogP contribution in [0.25, 0.3) is 11.6 Å². The Morgan fingerprint density at radius 1 is 1.35 bits per heavy atom. The van der Waals surface area contributed by atoms with Gasteiger partial charge in [-0.15, -0.1) is 0 Å². The molecule has 3 N–H and O–H groups in total. The summed E-state index contributed by atoms with van der Waals surface area (Å²) in [6, 6.07) is 6.33. The molecule has 6 heteroatoms. The van der Waals surface area contributed by atoms with Crippen LogP contribution in [0.15, 0.2) is 24.3 Å². The number of phenolic OH excluding ortho intramolecular Hbond substituents is 1. The summed E-state index contributed by atoms with van der Waals surface area (Å²) >= 11 is 0. The molecule has 2 heterocycles. The van der Waals surface area contributed by atoms with Crippen LogP contribution in [0, 0.1) is 6.92 Å². The van der Waals surface area contributed by atoms with E-state index in [1.165, 1.54) is 12.1 Å². The number of esters is 1. The van der Waals surface area contributed by atoms with Crippen molar-refractivity contribution in [2.75, 3.05) is 11.9 Å². The number of phenols is 1. The highest BCUT2D eigenvalue weighted by Gasteiger charge is 2.25. The minimum absolute atomic E-state index is 0.0689. The maximum absolute atomic E-state index is 12.2. The summed E-state index contributed by atoms with van der Waals surface area (Å²) in [5.41, 5.74) is 3.26. The van der Waals surface area contributed by atoms with Gasteiger partial charge in [0.1, 0.15) is 5.75 Å². The minimum atomic E-state index is -0.446. The third-order valence-electron chi connectivity index (χ3n) is 3.55. The molecule has 0 radical (unpaired) electrons. The third-order valence-corrected chi connectivity index (χ3v) is 3.55.